The number of hydrogen-bond acceptors (Lipinski definition) is 2. The van der Waals surface area contributed by atoms with Gasteiger partial charge >= 0.3 is 0 Å². The van der Waals surface area contributed by atoms with Crippen LogP contribution in [0.15, 0.2) is 12.1 Å². The lowest BCUT2D eigenvalue weighted by molar-refractivity contribution is 0.0816. The molecule has 1 aromatic rings. The van der Waals surface area contributed by atoms with Crippen molar-refractivity contribution in [2.75, 3.05) is 7.05 Å². The van der Waals surface area contributed by atoms with Crippen LogP contribution in [0.4, 0.5) is 0 Å². The van der Waals surface area contributed by atoms with Crippen LogP contribution in [0.25, 0.3) is 0 Å². The highest BCUT2D eigenvalue weighted by Gasteiger charge is 2.28. The number of rotatable bonds is 0. The fourth-order valence-electron chi connectivity index (χ4n) is 1.71. The third-order valence-electron chi connectivity index (χ3n) is 2.45. The van der Waals surface area contributed by atoms with E-state index in [9.17, 15) is 9.90 Å². The van der Waals surface area contributed by atoms with Gasteiger partial charge < -0.3 is 10.0 Å². The second-order valence-electron chi connectivity index (χ2n) is 3.42. The molecule has 1 aliphatic heterocycles. The Hall–Kier alpha value is -1.51. The van der Waals surface area contributed by atoms with Crippen molar-refractivity contribution in [1.29, 1.82) is 0 Å². The molecule has 0 atom stereocenters. The van der Waals surface area contributed by atoms with Crippen LogP contribution in [0, 0.1) is 6.92 Å². The van der Waals surface area contributed by atoms with Crippen molar-refractivity contribution >= 4 is 5.91 Å². The Kier molecular flexibility index (Phi) is 1.55. The molecule has 2 rings (SSSR count). The molecule has 13 heavy (non-hydrogen) atoms. The molecule has 0 aliphatic carbocycles. The minimum absolute atomic E-state index is 0.00315. The summed E-state index contributed by atoms with van der Waals surface area (Å²) in [4.78, 5) is 13.2. The quantitative estimate of drug-likeness (QED) is 0.648. The first-order chi connectivity index (χ1) is 6.11. The van der Waals surface area contributed by atoms with Gasteiger partial charge in [-0.25, -0.2) is 0 Å². The van der Waals surface area contributed by atoms with E-state index in [4.69, 9.17) is 0 Å². The molecule has 68 valence electrons. The number of aryl methyl sites for hydroxylation is 1. The maximum Gasteiger partial charge on any atom is 0.254 e. The smallest absolute Gasteiger partial charge is 0.254 e. The number of carbonyl (C=O) groups excluding carboxylic acids is 1. The zero-order valence-corrected chi connectivity index (χ0v) is 7.66. The lowest BCUT2D eigenvalue weighted by atomic mass is 10.0. The van der Waals surface area contributed by atoms with E-state index in [2.05, 4.69) is 0 Å². The van der Waals surface area contributed by atoms with E-state index in [0.29, 0.717) is 12.1 Å². The first-order valence-corrected chi connectivity index (χ1v) is 4.18. The number of carbonyl (C=O) groups is 1. The van der Waals surface area contributed by atoms with Gasteiger partial charge in [-0.2, -0.15) is 0 Å². The molecule has 0 radical (unpaired) electrons. The molecule has 0 fully saturated rings. The highest BCUT2D eigenvalue weighted by Crippen LogP contribution is 2.31. The van der Waals surface area contributed by atoms with Crippen LogP contribution in [0.2, 0.25) is 0 Å². The van der Waals surface area contributed by atoms with Crippen molar-refractivity contribution in [1.82, 2.24) is 4.90 Å². The van der Waals surface area contributed by atoms with Gasteiger partial charge in [-0.15, -0.1) is 0 Å². The maximum absolute atomic E-state index is 11.6. The fraction of sp³-hybridized carbons (Fsp3) is 0.300. The topological polar surface area (TPSA) is 40.5 Å². The summed E-state index contributed by atoms with van der Waals surface area (Å²) in [5.74, 6) is 0.224. The first-order valence-electron chi connectivity index (χ1n) is 4.18. The van der Waals surface area contributed by atoms with Gasteiger partial charge in [0.2, 0.25) is 0 Å². The van der Waals surface area contributed by atoms with Crippen molar-refractivity contribution < 1.29 is 9.90 Å². The predicted octanol–water partition coefficient (Wildman–Crippen LogP) is 1.29. The molecular formula is C10H11NO2. The van der Waals surface area contributed by atoms with Gasteiger partial charge in [-0.1, -0.05) is 6.07 Å². The second-order valence-corrected chi connectivity index (χ2v) is 3.42. The third-order valence-corrected chi connectivity index (χ3v) is 2.45. The molecule has 0 saturated carbocycles. The van der Waals surface area contributed by atoms with Crippen molar-refractivity contribution in [2.45, 2.75) is 13.5 Å². The molecule has 0 saturated heterocycles. The minimum Gasteiger partial charge on any atom is -0.508 e. The number of aromatic hydroxyl groups is 1. The molecule has 1 N–H and O–H groups in total. The predicted molar refractivity (Wildman–Crippen MR) is 48.6 cm³/mol. The normalized spacial score (nSPS) is 14.9. The van der Waals surface area contributed by atoms with Crippen LogP contribution >= 0.6 is 0 Å². The molecule has 1 heterocycles. The summed E-state index contributed by atoms with van der Waals surface area (Å²) in [6.45, 7) is 2.40. The van der Waals surface area contributed by atoms with E-state index in [1.165, 1.54) is 0 Å². The van der Waals surface area contributed by atoms with Crippen LogP contribution in [-0.2, 0) is 6.54 Å². The molecule has 0 spiro atoms. The molecule has 1 amide bonds. The van der Waals surface area contributed by atoms with Crippen molar-refractivity contribution in [3.63, 3.8) is 0 Å². The first kappa shape index (κ1) is 8.10. The molecular weight excluding hydrogens is 166 g/mol. The third kappa shape index (κ3) is 1.00. The Morgan fingerprint density at radius 1 is 1.46 bits per heavy atom. The minimum atomic E-state index is 0.00315. The van der Waals surface area contributed by atoms with Gasteiger partial charge in [0.1, 0.15) is 5.75 Å². The molecule has 1 aromatic carbocycles. The van der Waals surface area contributed by atoms with Crippen molar-refractivity contribution in [2.24, 2.45) is 0 Å². The standard InChI is InChI=1S/C10H11NO2/c1-6-3-4-8(12)7-5-11(2)10(13)9(6)7/h3-4,12H,5H2,1-2H3. The van der Waals surface area contributed by atoms with E-state index in [1.54, 1.807) is 24.1 Å². The summed E-state index contributed by atoms with van der Waals surface area (Å²) >= 11 is 0. The molecule has 3 heteroatoms. The van der Waals surface area contributed by atoms with Gasteiger partial charge in [-0.3, -0.25) is 4.79 Å². The van der Waals surface area contributed by atoms with E-state index >= 15 is 0 Å². The Morgan fingerprint density at radius 3 is 2.77 bits per heavy atom. The monoisotopic (exact) mass is 177 g/mol. The second kappa shape index (κ2) is 2.49. The van der Waals surface area contributed by atoms with Gasteiger partial charge in [-0.05, 0) is 18.6 Å². The van der Waals surface area contributed by atoms with Gasteiger partial charge in [0.25, 0.3) is 5.91 Å². The fourth-order valence-corrected chi connectivity index (χ4v) is 1.71. The van der Waals surface area contributed by atoms with Crippen LogP contribution in [0.5, 0.6) is 5.75 Å². The highest BCUT2D eigenvalue weighted by atomic mass is 16.3. The van der Waals surface area contributed by atoms with E-state index in [-0.39, 0.29) is 11.7 Å². The van der Waals surface area contributed by atoms with E-state index in [1.807, 2.05) is 6.92 Å². The molecule has 0 aromatic heterocycles. The van der Waals surface area contributed by atoms with Gasteiger partial charge in [0.05, 0.1) is 12.1 Å². The number of phenols is 1. The van der Waals surface area contributed by atoms with E-state index in [0.717, 1.165) is 11.1 Å². The Morgan fingerprint density at radius 2 is 2.15 bits per heavy atom. The zero-order chi connectivity index (χ0) is 9.59. The maximum atomic E-state index is 11.6. The van der Waals surface area contributed by atoms with Crippen LogP contribution in [-0.4, -0.2) is 23.0 Å². The van der Waals surface area contributed by atoms with Crippen molar-refractivity contribution in [3.05, 3.63) is 28.8 Å². The summed E-state index contributed by atoms with van der Waals surface area (Å²) in [7, 11) is 1.74. The summed E-state index contributed by atoms with van der Waals surface area (Å²) in [6, 6.07) is 3.41. The summed E-state index contributed by atoms with van der Waals surface area (Å²) in [5, 5.41) is 9.51. The summed E-state index contributed by atoms with van der Waals surface area (Å²) < 4.78 is 0. The lowest BCUT2D eigenvalue weighted by Gasteiger charge is -2.05. The summed E-state index contributed by atoms with van der Waals surface area (Å²) in [5.41, 5.74) is 2.36. The van der Waals surface area contributed by atoms with Crippen LogP contribution in [0.1, 0.15) is 21.5 Å². The molecule has 0 unspecified atom stereocenters. The molecule has 1 aliphatic rings. The largest absolute Gasteiger partial charge is 0.508 e. The number of nitrogens with zero attached hydrogens (tertiary/aromatic N) is 1. The highest BCUT2D eigenvalue weighted by molar-refractivity contribution is 6.00. The number of amides is 1. The number of hydrogen-bond donors (Lipinski definition) is 1. The van der Waals surface area contributed by atoms with Crippen LogP contribution < -0.4 is 0 Å². The average Bonchev–Trinajstić information content (AvgIpc) is 2.38. The number of fused-ring (bicyclic) bond motifs is 1. The number of benzene rings is 1. The zero-order valence-electron chi connectivity index (χ0n) is 7.66. The Bertz CT molecular complexity index is 385. The average molecular weight is 177 g/mol. The molecule has 0 bridgehead atoms. The van der Waals surface area contributed by atoms with Crippen molar-refractivity contribution in [3.8, 4) is 5.75 Å². The van der Waals surface area contributed by atoms with E-state index < -0.39 is 0 Å². The Balaban J connectivity index is 2.68. The van der Waals surface area contributed by atoms with Gasteiger partial charge in [0.15, 0.2) is 0 Å². The summed E-state index contributed by atoms with van der Waals surface area (Å²) in [6.07, 6.45) is 0. The van der Waals surface area contributed by atoms with Gasteiger partial charge in [0, 0.05) is 12.6 Å². The Labute approximate surface area is 76.6 Å². The lowest BCUT2D eigenvalue weighted by Crippen LogP contribution is -2.17. The molecule has 3 nitrogen and oxygen atoms in total. The number of phenolic OH excluding ortho intramolecular Hbond substituents is 1. The van der Waals surface area contributed by atoms with Crippen LogP contribution in [0.3, 0.4) is 0 Å². The SMILES string of the molecule is Cc1ccc(O)c2c1C(=O)N(C)C2.